The highest BCUT2D eigenvalue weighted by Gasteiger charge is 2.55. The van der Waals surface area contributed by atoms with Gasteiger partial charge in [-0.1, -0.05) is 64.1 Å². The first-order chi connectivity index (χ1) is 44.7. The molecule has 0 fully saturated rings. The molecule has 6 N–H and O–H groups in total. The Morgan fingerprint density at radius 3 is 1.95 bits per heavy atom. The second-order valence-electron chi connectivity index (χ2n) is 23.1. The number of carbonyl (C=O) groups is 7. The average Bonchev–Trinajstić information content (AvgIpc) is 1.59. The van der Waals surface area contributed by atoms with Gasteiger partial charge < -0.3 is 79.0 Å². The predicted molar refractivity (Wildman–Crippen MR) is 344 cm³/mol. The maximum Gasteiger partial charge on any atom is 0.416 e. The molecule has 504 valence electrons. The van der Waals surface area contributed by atoms with Crippen molar-refractivity contribution >= 4 is 64.8 Å². The molecule has 0 aliphatic carbocycles. The number of methoxy groups -OCH3 is 2. The van der Waals surface area contributed by atoms with Crippen molar-refractivity contribution < 1.29 is 86.4 Å². The number of rotatable bonds is 35. The number of aliphatic hydroxyl groups is 2. The second-order valence-corrected chi connectivity index (χ2v) is 23.1. The van der Waals surface area contributed by atoms with Gasteiger partial charge in [-0.25, -0.2) is 9.69 Å². The van der Waals surface area contributed by atoms with E-state index in [0.717, 1.165) is 15.4 Å². The first-order valence-electron chi connectivity index (χ1n) is 31.2. The van der Waals surface area contributed by atoms with Crippen molar-refractivity contribution in [2.24, 2.45) is 16.8 Å². The van der Waals surface area contributed by atoms with Gasteiger partial charge in [-0.15, -0.1) is 0 Å². The number of aliphatic hydroxyl groups excluding tert-OH is 1. The summed E-state index contributed by atoms with van der Waals surface area (Å²) in [5.74, 6) is -1.63. The molecule has 4 aliphatic rings. The quantitative estimate of drug-likeness (QED) is 0.0337. The molecule has 5 atom stereocenters. The minimum atomic E-state index is -2.34. The lowest BCUT2D eigenvalue weighted by Gasteiger charge is -2.38. The van der Waals surface area contributed by atoms with Crippen LogP contribution < -0.4 is 45.1 Å². The Balaban J connectivity index is 0.884. The number of fused-ring (bicyclic) bond motifs is 4. The van der Waals surface area contributed by atoms with Gasteiger partial charge in [0.15, 0.2) is 35.0 Å². The van der Waals surface area contributed by atoms with Crippen LogP contribution in [0.3, 0.4) is 0 Å². The van der Waals surface area contributed by atoms with Crippen LogP contribution in [0.2, 0.25) is 0 Å². The summed E-state index contributed by atoms with van der Waals surface area (Å²) in [6.07, 6.45) is 10.2. The maximum atomic E-state index is 14.4. The van der Waals surface area contributed by atoms with Crippen LogP contribution in [0.5, 0.6) is 23.0 Å². The number of anilines is 2. The zero-order chi connectivity index (χ0) is 67.2. The van der Waals surface area contributed by atoms with Crippen LogP contribution in [0.25, 0.3) is 0 Å². The summed E-state index contributed by atoms with van der Waals surface area (Å²) in [5, 5.41) is 35.2. The number of aliphatic imine (C=N–C) groups is 1. The second kappa shape index (κ2) is 34.8. The Morgan fingerprint density at radius 1 is 0.710 bits per heavy atom. The summed E-state index contributed by atoms with van der Waals surface area (Å²) >= 11 is 0. The van der Waals surface area contributed by atoms with E-state index >= 15 is 0 Å². The number of ether oxygens (including phenoxy) is 9. The zero-order valence-electron chi connectivity index (χ0n) is 54.4. The van der Waals surface area contributed by atoms with Crippen molar-refractivity contribution in [3.05, 3.63) is 113 Å². The fraction of sp³-hybridized carbons (Fsp3) is 0.493. The molecular formula is C67H88N8O18. The molecule has 0 aromatic heterocycles. The lowest BCUT2D eigenvalue weighted by Crippen LogP contribution is -2.60. The molecule has 0 spiro atoms. The van der Waals surface area contributed by atoms with E-state index in [2.05, 4.69) is 26.3 Å². The third kappa shape index (κ3) is 19.5. The van der Waals surface area contributed by atoms with Crippen molar-refractivity contribution in [2.45, 2.75) is 117 Å². The Kier molecular flexibility index (Phi) is 26.9. The lowest BCUT2D eigenvalue weighted by molar-refractivity contribution is -0.133. The van der Waals surface area contributed by atoms with E-state index in [1.165, 1.54) is 39.5 Å². The summed E-state index contributed by atoms with van der Waals surface area (Å²) in [7, 11) is 2.85. The van der Waals surface area contributed by atoms with Crippen molar-refractivity contribution in [3.63, 3.8) is 0 Å². The highest BCUT2D eigenvalue weighted by molar-refractivity contribution is 6.07. The molecule has 0 bridgehead atoms. The number of benzene rings is 3. The average molecular weight is 1290 g/mol. The SMILES string of the molecule is C/C=C/C1=CN2C(=O)c3cc(OC)c(OCCCOc4cc5c(cc4OC)C(=O)N4C=C(/C=C/C)C[C@@]4(O)[C@H](O)N5C(=O)OCc4ccc(NC(=O)[C@H](C)NC(=O)[C@@H](NC(=O)CCOCCOCCOCCOCCNC(=O)CC(C)C)C(C)C)cc4)cc3N=C[C@@H]2C1. The van der Waals surface area contributed by atoms with E-state index < -0.39 is 53.8 Å². The van der Waals surface area contributed by atoms with Gasteiger partial charge in [0.2, 0.25) is 23.6 Å². The number of carbonyl (C=O) groups excluding carboxylic acids is 7. The van der Waals surface area contributed by atoms with Crippen LogP contribution in [0.15, 0.2) is 101 Å². The van der Waals surface area contributed by atoms with Gasteiger partial charge in [0, 0.05) is 68.7 Å². The van der Waals surface area contributed by atoms with Gasteiger partial charge in [0.25, 0.3) is 11.8 Å². The third-order valence-corrected chi connectivity index (χ3v) is 15.2. The molecule has 4 heterocycles. The molecule has 3 aromatic rings. The molecular weight excluding hydrogens is 1200 g/mol. The molecule has 0 radical (unpaired) electrons. The minimum absolute atomic E-state index is 0.00554. The topological polar surface area (TPSA) is 313 Å². The van der Waals surface area contributed by atoms with Crippen LogP contribution in [-0.4, -0.2) is 185 Å². The van der Waals surface area contributed by atoms with E-state index in [4.69, 9.17) is 42.6 Å². The standard InChI is InChI=1S/C67H88N8O18/c1-10-13-46-32-49-38-69-52-35-56(54(85-8)33-50(52)63(80)73(49)39-46)91-21-12-22-92-57-36-53-51(34-55(57)86-9)64(81)74-40-47(14-11-2)37-67(74,84)65(82)75(53)66(83)93-41-45-15-17-48(18-16-45)71-61(78)44(7)70-62(79)60(43(5)6)72-58(76)19-23-87-25-27-89-29-30-90-28-26-88-24-20-68-59(77)31-42(3)4/h10-11,13-18,33-36,38-40,42-44,49,60,65,82,84H,12,19-32,37,41H2,1-9H3,(H,68,77)(H,70,79)(H,71,78)(H,72,76)/b13-10+,14-11+/t44-,49-,60-,65-,67+/m0/s1. The monoisotopic (exact) mass is 1290 g/mol. The Morgan fingerprint density at radius 2 is 1.32 bits per heavy atom. The van der Waals surface area contributed by atoms with Crippen LogP contribution in [0, 0.1) is 11.8 Å². The first kappa shape index (κ1) is 71.8. The number of allylic oxidation sites excluding steroid dienone is 4. The van der Waals surface area contributed by atoms with Crippen molar-refractivity contribution in [3.8, 4) is 23.0 Å². The fourth-order valence-corrected chi connectivity index (χ4v) is 10.4. The number of amides is 7. The summed E-state index contributed by atoms with van der Waals surface area (Å²) in [6, 6.07) is 10.1. The van der Waals surface area contributed by atoms with Gasteiger partial charge in [0.1, 0.15) is 18.7 Å². The highest BCUT2D eigenvalue weighted by atomic mass is 16.6. The number of nitrogens with zero attached hydrogens (tertiary/aromatic N) is 4. The van der Waals surface area contributed by atoms with Gasteiger partial charge in [-0.05, 0) is 80.0 Å². The molecule has 7 amide bonds. The maximum absolute atomic E-state index is 14.4. The summed E-state index contributed by atoms with van der Waals surface area (Å²) in [5.41, 5.74) is 0.509. The molecule has 0 saturated heterocycles. The molecule has 0 unspecified atom stereocenters. The fourth-order valence-electron chi connectivity index (χ4n) is 10.4. The van der Waals surface area contributed by atoms with Gasteiger partial charge >= 0.3 is 6.09 Å². The molecule has 26 nitrogen and oxygen atoms in total. The largest absolute Gasteiger partial charge is 0.493 e. The van der Waals surface area contributed by atoms with Crippen LogP contribution in [0.4, 0.5) is 21.9 Å². The number of hydrogen-bond donors (Lipinski definition) is 6. The lowest BCUT2D eigenvalue weighted by atomic mass is 10.0. The summed E-state index contributed by atoms with van der Waals surface area (Å²) in [4.78, 5) is 102. The van der Waals surface area contributed by atoms with E-state index in [0.29, 0.717) is 104 Å². The van der Waals surface area contributed by atoms with Gasteiger partial charge in [-0.2, -0.15) is 0 Å². The molecule has 3 aromatic carbocycles. The third-order valence-electron chi connectivity index (χ3n) is 15.2. The Labute approximate surface area is 542 Å². The van der Waals surface area contributed by atoms with Crippen LogP contribution in [0.1, 0.15) is 107 Å². The number of hydrogen-bond acceptors (Lipinski definition) is 19. The predicted octanol–water partition coefficient (Wildman–Crippen LogP) is 6.61. The molecule has 0 saturated carbocycles. The molecule has 93 heavy (non-hydrogen) atoms. The molecule has 4 aliphatic heterocycles. The molecule has 26 heteroatoms. The summed E-state index contributed by atoms with van der Waals surface area (Å²) < 4.78 is 51.4. The Bertz CT molecular complexity index is 3270. The minimum Gasteiger partial charge on any atom is -0.493 e. The van der Waals surface area contributed by atoms with Crippen molar-refractivity contribution in [1.82, 2.24) is 25.8 Å². The zero-order valence-corrected chi connectivity index (χ0v) is 54.4. The highest BCUT2D eigenvalue weighted by Crippen LogP contribution is 2.46. The summed E-state index contributed by atoms with van der Waals surface area (Å²) in [6.45, 7) is 15.4. The van der Waals surface area contributed by atoms with E-state index in [-0.39, 0.29) is 99.0 Å². The Hall–Kier alpha value is -8.66. The smallest absolute Gasteiger partial charge is 0.416 e. The van der Waals surface area contributed by atoms with Crippen LogP contribution in [-0.2, 0) is 49.5 Å². The molecule has 7 rings (SSSR count). The first-order valence-corrected chi connectivity index (χ1v) is 31.2. The van der Waals surface area contributed by atoms with Crippen LogP contribution >= 0.6 is 0 Å². The number of nitrogens with one attached hydrogen (secondary N) is 4. The van der Waals surface area contributed by atoms with E-state index in [1.54, 1.807) is 80.4 Å². The van der Waals surface area contributed by atoms with E-state index in [9.17, 15) is 43.8 Å². The van der Waals surface area contributed by atoms with Crippen molar-refractivity contribution in [2.75, 3.05) is 97.0 Å². The van der Waals surface area contributed by atoms with E-state index in [1.807, 2.05) is 39.1 Å². The van der Waals surface area contributed by atoms with Crippen molar-refractivity contribution in [1.29, 1.82) is 0 Å². The van der Waals surface area contributed by atoms with Gasteiger partial charge in [-0.3, -0.25) is 38.7 Å². The van der Waals surface area contributed by atoms with Gasteiger partial charge in [0.05, 0.1) is 109 Å². The normalized spacial score (nSPS) is 18.1.